The molecular formula is C31H39Cl2N3O4. The number of carbonyl (C=O) groups excluding carboxylic acids is 3. The Bertz CT molecular complexity index is 1210. The van der Waals surface area contributed by atoms with Gasteiger partial charge in [0, 0.05) is 27.8 Å². The molecule has 2 aliphatic carbocycles. The average Bonchev–Trinajstić information content (AvgIpc) is 3.54. The summed E-state index contributed by atoms with van der Waals surface area (Å²) in [7, 11) is 0. The van der Waals surface area contributed by atoms with Gasteiger partial charge in [0.25, 0.3) is 0 Å². The second kappa shape index (κ2) is 10.6. The van der Waals surface area contributed by atoms with E-state index in [1.807, 2.05) is 17.1 Å². The van der Waals surface area contributed by atoms with E-state index >= 15 is 0 Å². The van der Waals surface area contributed by atoms with Crippen molar-refractivity contribution in [1.29, 1.82) is 0 Å². The van der Waals surface area contributed by atoms with Crippen molar-refractivity contribution in [2.24, 2.45) is 29.6 Å². The number of nitrogens with one attached hydrogen (secondary N) is 2. The predicted octanol–water partition coefficient (Wildman–Crippen LogP) is 5.60. The minimum absolute atomic E-state index is 0.0476. The van der Waals surface area contributed by atoms with Gasteiger partial charge in [0.1, 0.15) is 11.6 Å². The van der Waals surface area contributed by atoms with E-state index < -0.39 is 29.6 Å². The van der Waals surface area contributed by atoms with Crippen LogP contribution in [0.2, 0.25) is 10.0 Å². The summed E-state index contributed by atoms with van der Waals surface area (Å²) < 4.78 is 6.54. The van der Waals surface area contributed by atoms with Gasteiger partial charge in [0.2, 0.25) is 17.7 Å². The number of rotatable bonds is 5. The van der Waals surface area contributed by atoms with Crippen LogP contribution in [0.25, 0.3) is 0 Å². The lowest BCUT2D eigenvalue weighted by Gasteiger charge is -2.41. The molecule has 1 aromatic carbocycles. The van der Waals surface area contributed by atoms with Crippen LogP contribution < -0.4 is 10.6 Å². The number of benzene rings is 1. The number of hydrogen-bond donors (Lipinski definition) is 2. The van der Waals surface area contributed by atoms with Gasteiger partial charge in [-0.1, -0.05) is 69.0 Å². The topological polar surface area (TPSA) is 87.7 Å². The SMILES string of the molecule is CC1CCC(N2C(=O)[C@@H]3[C@H](C(=O)Nc4cc(Cl)cc(Cl)c4)[C@@H]4C=C[C@@]3(O4)[C@@H]2C(=O)N[C@@H]2CCC[C@H](C)[C@H]2C)CC1. The Labute approximate surface area is 246 Å². The van der Waals surface area contributed by atoms with Crippen molar-refractivity contribution < 1.29 is 19.1 Å². The lowest BCUT2D eigenvalue weighted by molar-refractivity contribution is -0.145. The molecule has 2 saturated carbocycles. The largest absolute Gasteiger partial charge is 0.359 e. The van der Waals surface area contributed by atoms with Gasteiger partial charge in [-0.3, -0.25) is 14.4 Å². The van der Waals surface area contributed by atoms with Crippen molar-refractivity contribution in [3.05, 3.63) is 40.4 Å². The molecule has 1 aromatic rings. The number of nitrogens with zero attached hydrogens (tertiary/aromatic N) is 1. The Morgan fingerprint density at radius 2 is 1.68 bits per heavy atom. The van der Waals surface area contributed by atoms with Crippen molar-refractivity contribution in [1.82, 2.24) is 10.2 Å². The number of anilines is 1. The number of amides is 3. The van der Waals surface area contributed by atoms with Gasteiger partial charge in [-0.05, 0) is 68.1 Å². The normalized spacial score (nSPS) is 40.3. The Morgan fingerprint density at radius 3 is 2.38 bits per heavy atom. The molecule has 0 radical (unpaired) electrons. The average molecular weight is 589 g/mol. The number of halogens is 2. The maximum atomic E-state index is 14.4. The summed E-state index contributed by atoms with van der Waals surface area (Å²) in [6.45, 7) is 6.68. The van der Waals surface area contributed by atoms with Crippen molar-refractivity contribution in [2.75, 3.05) is 5.32 Å². The monoisotopic (exact) mass is 587 g/mol. The maximum absolute atomic E-state index is 14.4. The van der Waals surface area contributed by atoms with Crippen molar-refractivity contribution in [2.45, 2.75) is 95.5 Å². The Morgan fingerprint density at radius 1 is 0.975 bits per heavy atom. The molecule has 40 heavy (non-hydrogen) atoms. The Hall–Kier alpha value is -2.09. The molecule has 7 nitrogen and oxygen atoms in total. The number of hydrogen-bond acceptors (Lipinski definition) is 4. The van der Waals surface area contributed by atoms with E-state index in [-0.39, 0.29) is 29.8 Å². The molecule has 0 aromatic heterocycles. The minimum atomic E-state index is -1.16. The summed E-state index contributed by atoms with van der Waals surface area (Å²) in [6, 6.07) is 4.06. The van der Waals surface area contributed by atoms with Gasteiger partial charge >= 0.3 is 0 Å². The van der Waals surface area contributed by atoms with Gasteiger partial charge in [-0.15, -0.1) is 0 Å². The summed E-state index contributed by atoms with van der Waals surface area (Å²) in [6.07, 6.45) is 10.1. The molecule has 0 unspecified atom stereocenters. The zero-order valence-electron chi connectivity index (χ0n) is 23.4. The molecule has 9 heteroatoms. The van der Waals surface area contributed by atoms with Crippen LogP contribution in [0.15, 0.2) is 30.4 Å². The fourth-order valence-electron chi connectivity index (χ4n) is 8.02. The third-order valence-corrected chi connectivity index (χ3v) is 10.8. The molecule has 2 N–H and O–H groups in total. The van der Waals surface area contributed by atoms with E-state index in [0.717, 1.165) is 44.9 Å². The van der Waals surface area contributed by atoms with Crippen LogP contribution in [0.3, 0.4) is 0 Å². The zero-order chi connectivity index (χ0) is 28.3. The second-order valence-electron chi connectivity index (χ2n) is 12.9. The first-order chi connectivity index (χ1) is 19.1. The molecule has 4 fully saturated rings. The van der Waals surface area contributed by atoms with Crippen molar-refractivity contribution in [3.8, 4) is 0 Å². The van der Waals surface area contributed by atoms with E-state index in [4.69, 9.17) is 27.9 Å². The van der Waals surface area contributed by atoms with Crippen LogP contribution >= 0.6 is 23.2 Å². The number of ether oxygens (including phenoxy) is 1. The van der Waals surface area contributed by atoms with Gasteiger partial charge in [0.15, 0.2) is 0 Å². The molecule has 5 aliphatic rings. The quantitative estimate of drug-likeness (QED) is 0.439. The first-order valence-corrected chi connectivity index (χ1v) is 15.6. The predicted molar refractivity (Wildman–Crippen MR) is 155 cm³/mol. The molecule has 6 rings (SSSR count). The molecule has 1 spiro atoms. The standard InChI is InChI=1S/C31H39Cl2N3O4/c1-16-7-9-22(10-8-16)36-27(29(38)35-23-6-4-5-17(2)18(23)3)31-12-11-24(40-31)25(26(31)30(36)39)28(37)34-21-14-19(32)13-20(33)15-21/h11-18,22-27H,4-10H2,1-3H3,(H,34,37)(H,35,38)/t16?,17-,18+,22?,23+,24-,25+,26-,27-,31-/m0/s1. The lowest BCUT2D eigenvalue weighted by atomic mass is 9.73. The van der Waals surface area contributed by atoms with Gasteiger partial charge in [-0.2, -0.15) is 0 Å². The number of fused-ring (bicyclic) bond motifs is 1. The molecule has 216 valence electrons. The molecule has 3 heterocycles. The molecule has 8 atom stereocenters. The summed E-state index contributed by atoms with van der Waals surface area (Å²) in [4.78, 5) is 44.1. The molecule has 2 bridgehead atoms. The molecule has 3 aliphatic heterocycles. The highest BCUT2D eigenvalue weighted by Gasteiger charge is 2.73. The van der Waals surface area contributed by atoms with Crippen LogP contribution in [-0.2, 0) is 19.1 Å². The smallest absolute Gasteiger partial charge is 0.246 e. The second-order valence-corrected chi connectivity index (χ2v) is 13.8. The van der Waals surface area contributed by atoms with Gasteiger partial charge in [0.05, 0.1) is 17.9 Å². The number of carbonyl (C=O) groups is 3. The van der Waals surface area contributed by atoms with Crippen LogP contribution in [0.5, 0.6) is 0 Å². The first kappa shape index (κ1) is 28.0. The van der Waals surface area contributed by atoms with Crippen molar-refractivity contribution >= 4 is 46.6 Å². The highest BCUT2D eigenvalue weighted by Crippen LogP contribution is 2.56. The Kier molecular flexibility index (Phi) is 7.46. The summed E-state index contributed by atoms with van der Waals surface area (Å²) in [5.41, 5.74) is -0.701. The van der Waals surface area contributed by atoms with Crippen molar-refractivity contribution in [3.63, 3.8) is 0 Å². The minimum Gasteiger partial charge on any atom is -0.359 e. The maximum Gasteiger partial charge on any atom is 0.246 e. The molecular weight excluding hydrogens is 549 g/mol. The summed E-state index contributed by atoms with van der Waals surface area (Å²) in [5, 5.41) is 7.06. The van der Waals surface area contributed by atoms with E-state index in [1.165, 1.54) is 0 Å². The zero-order valence-corrected chi connectivity index (χ0v) is 24.9. The van der Waals surface area contributed by atoms with E-state index in [9.17, 15) is 14.4 Å². The highest BCUT2D eigenvalue weighted by molar-refractivity contribution is 6.35. The van der Waals surface area contributed by atoms with Gasteiger partial charge < -0.3 is 20.3 Å². The summed E-state index contributed by atoms with van der Waals surface area (Å²) >= 11 is 12.3. The Balaban J connectivity index is 1.32. The molecule has 3 amide bonds. The summed E-state index contributed by atoms with van der Waals surface area (Å²) in [5.74, 6) is -0.695. The fraction of sp³-hybridized carbons (Fsp3) is 0.645. The van der Waals surface area contributed by atoms with Crippen LogP contribution in [0.1, 0.15) is 65.7 Å². The first-order valence-electron chi connectivity index (χ1n) is 14.9. The van der Waals surface area contributed by atoms with Crippen LogP contribution in [0.4, 0.5) is 5.69 Å². The lowest BCUT2D eigenvalue weighted by Crippen LogP contribution is -2.59. The third kappa shape index (κ3) is 4.66. The van der Waals surface area contributed by atoms with E-state index in [1.54, 1.807) is 18.2 Å². The van der Waals surface area contributed by atoms with E-state index in [0.29, 0.717) is 33.5 Å². The van der Waals surface area contributed by atoms with Gasteiger partial charge in [-0.25, -0.2) is 0 Å². The van der Waals surface area contributed by atoms with Crippen LogP contribution in [-0.4, -0.2) is 52.5 Å². The van der Waals surface area contributed by atoms with Crippen LogP contribution in [0, 0.1) is 29.6 Å². The fourth-order valence-corrected chi connectivity index (χ4v) is 8.55. The number of likely N-dealkylation sites (tertiary alicyclic amines) is 1. The highest BCUT2D eigenvalue weighted by atomic mass is 35.5. The van der Waals surface area contributed by atoms with E-state index in [2.05, 4.69) is 31.4 Å². The third-order valence-electron chi connectivity index (χ3n) is 10.4. The molecule has 2 saturated heterocycles.